The summed E-state index contributed by atoms with van der Waals surface area (Å²) >= 11 is 1.34. The molecule has 0 bridgehead atoms. The molecule has 160 valence electrons. The molecular formula is C22H32N2O4S. The first kappa shape index (κ1) is 23.1. The van der Waals surface area contributed by atoms with Crippen molar-refractivity contribution in [3.05, 3.63) is 15.8 Å². The Kier molecular flexibility index (Phi) is 7.23. The Hall–Kier alpha value is -2.20. The summed E-state index contributed by atoms with van der Waals surface area (Å²) < 4.78 is 10.4. The van der Waals surface area contributed by atoms with E-state index in [4.69, 9.17) is 9.47 Å². The van der Waals surface area contributed by atoms with Gasteiger partial charge < -0.3 is 19.7 Å². The first-order chi connectivity index (χ1) is 13.4. The highest BCUT2D eigenvalue weighted by atomic mass is 32.1. The van der Waals surface area contributed by atoms with Crippen LogP contribution in [-0.2, 0) is 9.47 Å². The summed E-state index contributed by atoms with van der Waals surface area (Å²) in [5.41, 5.74) is 0.135. The number of piperidine rings is 1. The van der Waals surface area contributed by atoms with E-state index in [-0.39, 0.29) is 23.5 Å². The van der Waals surface area contributed by atoms with Crippen molar-refractivity contribution in [2.24, 2.45) is 5.41 Å². The zero-order chi connectivity index (χ0) is 21.8. The molecule has 1 amide bonds. The van der Waals surface area contributed by atoms with Gasteiger partial charge in [-0.25, -0.2) is 9.59 Å². The maximum atomic E-state index is 12.2. The molecule has 2 heterocycles. The van der Waals surface area contributed by atoms with Crippen LogP contribution in [0.15, 0.2) is 6.07 Å². The molecule has 0 unspecified atom stereocenters. The number of methoxy groups -OCH3 is 1. The van der Waals surface area contributed by atoms with Crippen LogP contribution in [0.3, 0.4) is 0 Å². The molecule has 1 aliphatic heterocycles. The molecule has 1 aliphatic rings. The number of nitrogens with one attached hydrogen (secondary N) is 1. The summed E-state index contributed by atoms with van der Waals surface area (Å²) in [7, 11) is 1.38. The van der Waals surface area contributed by atoms with Crippen molar-refractivity contribution in [2.75, 3.05) is 25.5 Å². The second-order valence-electron chi connectivity index (χ2n) is 9.23. The lowest BCUT2D eigenvalue weighted by Crippen LogP contribution is -2.44. The maximum Gasteiger partial charge on any atom is 0.410 e. The molecule has 0 aromatic carbocycles. The lowest BCUT2D eigenvalue weighted by Gasteiger charge is -2.34. The normalized spacial score (nSPS) is 15.3. The van der Waals surface area contributed by atoms with Crippen molar-refractivity contribution in [1.29, 1.82) is 0 Å². The van der Waals surface area contributed by atoms with Crippen LogP contribution >= 0.6 is 11.3 Å². The molecule has 1 saturated heterocycles. The number of hydrogen-bond acceptors (Lipinski definition) is 6. The average Bonchev–Trinajstić information content (AvgIpc) is 3.00. The molecule has 1 aromatic rings. The minimum absolute atomic E-state index is 0.114. The smallest absolute Gasteiger partial charge is 0.410 e. The Bertz CT molecular complexity index is 797. The van der Waals surface area contributed by atoms with Gasteiger partial charge in [-0.1, -0.05) is 11.8 Å². The number of anilines is 1. The SMILES string of the molecule is COC(=O)c1sc(C#CC(C)(C)C)cc1NC1CCN(C(=O)OC(C)(C)C)CC1. The minimum atomic E-state index is -0.497. The zero-order valence-electron chi connectivity index (χ0n) is 18.5. The van der Waals surface area contributed by atoms with Crippen LogP contribution in [0.25, 0.3) is 0 Å². The summed E-state index contributed by atoms with van der Waals surface area (Å²) in [4.78, 5) is 27.5. The van der Waals surface area contributed by atoms with Gasteiger partial charge >= 0.3 is 12.1 Å². The van der Waals surface area contributed by atoms with E-state index in [0.29, 0.717) is 18.0 Å². The Morgan fingerprint density at radius 3 is 2.31 bits per heavy atom. The van der Waals surface area contributed by atoms with Crippen LogP contribution in [-0.4, -0.2) is 48.8 Å². The largest absolute Gasteiger partial charge is 0.465 e. The Labute approximate surface area is 177 Å². The lowest BCUT2D eigenvalue weighted by molar-refractivity contribution is 0.0210. The van der Waals surface area contributed by atoms with Gasteiger partial charge in [0.25, 0.3) is 0 Å². The number of ether oxygens (including phenoxy) is 2. The maximum absolute atomic E-state index is 12.2. The molecule has 0 atom stereocenters. The minimum Gasteiger partial charge on any atom is -0.465 e. The average molecular weight is 421 g/mol. The molecule has 0 spiro atoms. The monoisotopic (exact) mass is 420 g/mol. The van der Waals surface area contributed by atoms with E-state index in [1.165, 1.54) is 18.4 Å². The number of carbonyl (C=O) groups excluding carboxylic acids is 2. The number of rotatable bonds is 3. The first-order valence-electron chi connectivity index (χ1n) is 9.88. The van der Waals surface area contributed by atoms with Crippen molar-refractivity contribution >= 4 is 29.1 Å². The third-order valence-corrected chi connectivity index (χ3v) is 5.20. The number of likely N-dealkylation sites (tertiary alicyclic amines) is 1. The summed E-state index contributed by atoms with van der Waals surface area (Å²) in [6.45, 7) is 13.0. The molecule has 2 rings (SSSR count). The van der Waals surface area contributed by atoms with E-state index in [1.54, 1.807) is 4.90 Å². The van der Waals surface area contributed by atoms with Crippen LogP contribution in [0.5, 0.6) is 0 Å². The van der Waals surface area contributed by atoms with Gasteiger partial charge in [0.2, 0.25) is 0 Å². The number of amides is 1. The van der Waals surface area contributed by atoms with Crippen molar-refractivity contribution in [3.63, 3.8) is 0 Å². The highest BCUT2D eigenvalue weighted by Crippen LogP contribution is 2.30. The zero-order valence-corrected chi connectivity index (χ0v) is 19.3. The number of esters is 1. The highest BCUT2D eigenvalue weighted by molar-refractivity contribution is 7.15. The van der Waals surface area contributed by atoms with E-state index < -0.39 is 5.60 Å². The van der Waals surface area contributed by atoms with Gasteiger partial charge in [-0.3, -0.25) is 0 Å². The molecule has 7 heteroatoms. The Balaban J connectivity index is 2.06. The molecule has 0 aliphatic carbocycles. The molecule has 1 aromatic heterocycles. The molecular weight excluding hydrogens is 388 g/mol. The Morgan fingerprint density at radius 2 is 1.79 bits per heavy atom. The van der Waals surface area contributed by atoms with E-state index in [9.17, 15) is 9.59 Å². The number of carbonyl (C=O) groups is 2. The lowest BCUT2D eigenvalue weighted by atomic mass is 9.98. The second-order valence-corrected chi connectivity index (χ2v) is 10.3. The van der Waals surface area contributed by atoms with Crippen LogP contribution in [0.1, 0.15) is 68.9 Å². The summed E-state index contributed by atoms with van der Waals surface area (Å²) in [5, 5.41) is 3.45. The molecule has 1 fully saturated rings. The summed E-state index contributed by atoms with van der Waals surface area (Å²) in [5.74, 6) is 5.99. The summed E-state index contributed by atoms with van der Waals surface area (Å²) in [6.07, 6.45) is 1.28. The fourth-order valence-corrected chi connectivity index (χ4v) is 3.70. The topological polar surface area (TPSA) is 67.9 Å². The van der Waals surface area contributed by atoms with Crippen LogP contribution in [0.2, 0.25) is 0 Å². The third kappa shape index (κ3) is 7.28. The molecule has 0 saturated carbocycles. The van der Waals surface area contributed by atoms with E-state index in [0.717, 1.165) is 23.4 Å². The molecule has 1 N–H and O–H groups in total. The fourth-order valence-electron chi connectivity index (χ4n) is 2.81. The van der Waals surface area contributed by atoms with E-state index in [1.807, 2.05) is 47.6 Å². The molecule has 6 nitrogen and oxygen atoms in total. The predicted molar refractivity (Wildman–Crippen MR) is 116 cm³/mol. The molecule has 29 heavy (non-hydrogen) atoms. The van der Waals surface area contributed by atoms with Crippen LogP contribution < -0.4 is 5.32 Å². The van der Waals surface area contributed by atoms with Crippen molar-refractivity contribution in [1.82, 2.24) is 4.90 Å². The van der Waals surface area contributed by atoms with Crippen molar-refractivity contribution in [3.8, 4) is 11.8 Å². The van der Waals surface area contributed by atoms with Gasteiger partial charge in [-0.2, -0.15) is 0 Å². The van der Waals surface area contributed by atoms with E-state index in [2.05, 4.69) is 17.2 Å². The number of hydrogen-bond donors (Lipinski definition) is 1. The number of thiophene rings is 1. The summed E-state index contributed by atoms with van der Waals surface area (Å²) in [6, 6.07) is 2.07. The van der Waals surface area contributed by atoms with Gasteiger partial charge in [0, 0.05) is 24.5 Å². The van der Waals surface area contributed by atoms with Crippen LogP contribution in [0, 0.1) is 17.3 Å². The number of nitrogens with zero attached hydrogens (tertiary/aromatic N) is 1. The second kappa shape index (κ2) is 9.08. The van der Waals surface area contributed by atoms with Gasteiger partial charge in [-0.15, -0.1) is 11.3 Å². The highest BCUT2D eigenvalue weighted by Gasteiger charge is 2.28. The van der Waals surface area contributed by atoms with Gasteiger partial charge in [0.1, 0.15) is 10.5 Å². The predicted octanol–water partition coefficient (Wildman–Crippen LogP) is 4.74. The quantitative estimate of drug-likeness (QED) is 0.565. The standard InChI is InChI=1S/C22H32N2O4S/c1-21(2,3)11-8-16-14-17(18(29-16)19(25)27-7)23-15-9-12-24(13-10-15)20(26)28-22(4,5)6/h14-15,23H,9-10,12-13H2,1-7H3. The van der Waals surface area contributed by atoms with Gasteiger partial charge in [0.05, 0.1) is 17.7 Å². The third-order valence-electron chi connectivity index (χ3n) is 4.17. The first-order valence-corrected chi connectivity index (χ1v) is 10.7. The van der Waals surface area contributed by atoms with Crippen molar-refractivity contribution < 1.29 is 19.1 Å². The fraction of sp³-hybridized carbons (Fsp3) is 0.636. The van der Waals surface area contributed by atoms with Crippen molar-refractivity contribution in [2.45, 2.75) is 66.0 Å². The van der Waals surface area contributed by atoms with Crippen LogP contribution in [0.4, 0.5) is 10.5 Å². The molecule has 0 radical (unpaired) electrons. The van der Waals surface area contributed by atoms with Gasteiger partial charge in [0.15, 0.2) is 0 Å². The Morgan fingerprint density at radius 1 is 1.17 bits per heavy atom. The van der Waals surface area contributed by atoms with Gasteiger partial charge in [-0.05, 0) is 60.5 Å². The van der Waals surface area contributed by atoms with E-state index >= 15 is 0 Å².